The van der Waals surface area contributed by atoms with Crippen LogP contribution in [0.1, 0.15) is 24.0 Å². The average Bonchev–Trinajstić information content (AvgIpc) is 3.00. The van der Waals surface area contributed by atoms with Crippen molar-refractivity contribution in [3.8, 4) is 0 Å². The van der Waals surface area contributed by atoms with E-state index in [1.165, 1.54) is 0 Å². The number of benzene rings is 1. The number of halogens is 1. The van der Waals surface area contributed by atoms with Gasteiger partial charge in [0, 0.05) is 37.0 Å². The Balaban J connectivity index is 1.56. The van der Waals surface area contributed by atoms with E-state index in [4.69, 9.17) is 16.3 Å². The van der Waals surface area contributed by atoms with Crippen molar-refractivity contribution in [2.24, 2.45) is 0 Å². The number of nitrogens with zero attached hydrogens (tertiary/aromatic N) is 2. The van der Waals surface area contributed by atoms with Gasteiger partial charge in [0.15, 0.2) is 0 Å². The molecule has 0 spiro atoms. The molecule has 21 heavy (non-hydrogen) atoms. The fourth-order valence-electron chi connectivity index (χ4n) is 2.43. The lowest BCUT2D eigenvalue weighted by molar-refractivity contribution is 0.120. The van der Waals surface area contributed by atoms with E-state index < -0.39 is 0 Å². The third kappa shape index (κ3) is 4.16. The van der Waals surface area contributed by atoms with E-state index in [0.29, 0.717) is 12.1 Å². The van der Waals surface area contributed by atoms with Gasteiger partial charge in [-0.3, -0.25) is 0 Å². The largest absolute Gasteiger partial charge is 0.376 e. The van der Waals surface area contributed by atoms with Gasteiger partial charge in [0.2, 0.25) is 5.95 Å². The Kier molecular flexibility index (Phi) is 4.68. The third-order valence-electron chi connectivity index (χ3n) is 3.51. The molecule has 0 amide bonds. The predicted molar refractivity (Wildman–Crippen MR) is 83.8 cm³/mol. The Hall–Kier alpha value is -1.65. The number of rotatable bonds is 5. The number of aromatic nitrogens is 2. The molecule has 1 aliphatic rings. The smallest absolute Gasteiger partial charge is 0.222 e. The summed E-state index contributed by atoms with van der Waals surface area (Å²) in [5.74, 6) is 0.653. The van der Waals surface area contributed by atoms with E-state index in [2.05, 4.69) is 21.4 Å². The van der Waals surface area contributed by atoms with Gasteiger partial charge < -0.3 is 10.1 Å². The molecule has 0 aliphatic carbocycles. The molecule has 1 fully saturated rings. The quantitative estimate of drug-likeness (QED) is 0.920. The van der Waals surface area contributed by atoms with Crippen LogP contribution in [0.15, 0.2) is 36.7 Å². The summed E-state index contributed by atoms with van der Waals surface area (Å²) in [7, 11) is 0. The highest BCUT2D eigenvalue weighted by atomic mass is 35.5. The first-order valence-corrected chi connectivity index (χ1v) is 7.58. The van der Waals surface area contributed by atoms with Crippen molar-refractivity contribution in [2.75, 3.05) is 18.5 Å². The van der Waals surface area contributed by atoms with Crippen LogP contribution in [0.25, 0.3) is 0 Å². The molecule has 3 rings (SSSR count). The molecule has 1 aromatic heterocycles. The Morgan fingerprint density at radius 3 is 2.81 bits per heavy atom. The summed E-state index contributed by atoms with van der Waals surface area (Å²) in [6.07, 6.45) is 7.04. The predicted octanol–water partition coefficient (Wildman–Crippen LogP) is 3.31. The zero-order valence-electron chi connectivity index (χ0n) is 11.8. The van der Waals surface area contributed by atoms with Gasteiger partial charge in [0.1, 0.15) is 0 Å². The Morgan fingerprint density at radius 1 is 1.24 bits per heavy atom. The van der Waals surface area contributed by atoms with Crippen molar-refractivity contribution in [1.29, 1.82) is 0 Å². The zero-order chi connectivity index (χ0) is 14.5. The lowest BCUT2D eigenvalue weighted by Gasteiger charge is -2.10. The van der Waals surface area contributed by atoms with Crippen molar-refractivity contribution < 1.29 is 4.74 Å². The third-order valence-corrected chi connectivity index (χ3v) is 3.75. The van der Waals surface area contributed by atoms with Crippen molar-refractivity contribution >= 4 is 17.5 Å². The van der Waals surface area contributed by atoms with E-state index in [-0.39, 0.29) is 0 Å². The highest BCUT2D eigenvalue weighted by Crippen LogP contribution is 2.15. The first kappa shape index (κ1) is 14.3. The molecule has 1 unspecified atom stereocenters. The maximum Gasteiger partial charge on any atom is 0.222 e. The second-order valence-electron chi connectivity index (χ2n) is 5.24. The van der Waals surface area contributed by atoms with Crippen molar-refractivity contribution in [3.63, 3.8) is 0 Å². The summed E-state index contributed by atoms with van der Waals surface area (Å²) in [5.41, 5.74) is 2.23. The first-order chi connectivity index (χ1) is 10.3. The van der Waals surface area contributed by atoms with Crippen LogP contribution in [0.3, 0.4) is 0 Å². The fourth-order valence-corrected chi connectivity index (χ4v) is 2.64. The van der Waals surface area contributed by atoms with Crippen LogP contribution in [0.4, 0.5) is 5.95 Å². The molecule has 0 radical (unpaired) electrons. The zero-order valence-corrected chi connectivity index (χ0v) is 12.5. The average molecular weight is 304 g/mol. The van der Waals surface area contributed by atoms with Crippen molar-refractivity contribution in [1.82, 2.24) is 9.97 Å². The van der Waals surface area contributed by atoms with Crippen LogP contribution >= 0.6 is 11.6 Å². The van der Waals surface area contributed by atoms with Gasteiger partial charge in [0.25, 0.3) is 0 Å². The lowest BCUT2D eigenvalue weighted by atomic mass is 10.1. The van der Waals surface area contributed by atoms with Crippen LogP contribution in [0, 0.1) is 0 Å². The van der Waals surface area contributed by atoms with Gasteiger partial charge in [-0.05, 0) is 36.1 Å². The number of anilines is 1. The monoisotopic (exact) mass is 303 g/mol. The lowest BCUT2D eigenvalue weighted by Crippen LogP contribution is -2.19. The topological polar surface area (TPSA) is 47.0 Å². The maximum absolute atomic E-state index is 5.99. The van der Waals surface area contributed by atoms with Crippen LogP contribution < -0.4 is 5.32 Å². The summed E-state index contributed by atoms with van der Waals surface area (Å²) in [6, 6.07) is 7.84. The van der Waals surface area contributed by atoms with Gasteiger partial charge in [-0.25, -0.2) is 9.97 Å². The second-order valence-corrected chi connectivity index (χ2v) is 5.67. The Labute approximate surface area is 129 Å². The van der Waals surface area contributed by atoms with Crippen molar-refractivity contribution in [3.05, 3.63) is 52.8 Å². The van der Waals surface area contributed by atoms with Crippen LogP contribution in [0.5, 0.6) is 0 Å². The fraction of sp³-hybridized carbons (Fsp3) is 0.375. The first-order valence-electron chi connectivity index (χ1n) is 7.20. The van der Waals surface area contributed by atoms with Crippen LogP contribution in [0.2, 0.25) is 5.02 Å². The minimum atomic E-state index is 0.291. The minimum Gasteiger partial charge on any atom is -0.376 e. The SMILES string of the molecule is Clc1cccc(Cc2cnc(NCC3CCCO3)nc2)c1. The molecule has 0 saturated carbocycles. The molecule has 2 aromatic rings. The normalized spacial score (nSPS) is 17.9. The molecule has 2 heterocycles. The molecule has 1 aliphatic heterocycles. The molecule has 5 heteroatoms. The number of nitrogens with one attached hydrogen (secondary N) is 1. The number of hydrogen-bond donors (Lipinski definition) is 1. The summed E-state index contributed by atoms with van der Waals surface area (Å²) in [5, 5.41) is 3.97. The van der Waals surface area contributed by atoms with E-state index in [1.54, 1.807) is 0 Å². The van der Waals surface area contributed by atoms with E-state index >= 15 is 0 Å². The van der Waals surface area contributed by atoms with Gasteiger partial charge in [-0.15, -0.1) is 0 Å². The van der Waals surface area contributed by atoms with E-state index in [1.807, 2.05) is 30.6 Å². The molecule has 1 N–H and O–H groups in total. The molecule has 0 bridgehead atoms. The second kappa shape index (κ2) is 6.87. The van der Waals surface area contributed by atoms with Gasteiger partial charge in [-0.2, -0.15) is 0 Å². The van der Waals surface area contributed by atoms with Gasteiger partial charge in [0.05, 0.1) is 6.10 Å². The molecule has 110 valence electrons. The highest BCUT2D eigenvalue weighted by Gasteiger charge is 2.15. The molecular weight excluding hydrogens is 286 g/mol. The minimum absolute atomic E-state index is 0.291. The van der Waals surface area contributed by atoms with Gasteiger partial charge >= 0.3 is 0 Å². The Bertz CT molecular complexity index is 582. The van der Waals surface area contributed by atoms with Crippen LogP contribution in [-0.4, -0.2) is 29.2 Å². The number of hydrogen-bond acceptors (Lipinski definition) is 4. The Morgan fingerprint density at radius 2 is 2.10 bits per heavy atom. The highest BCUT2D eigenvalue weighted by molar-refractivity contribution is 6.30. The van der Waals surface area contributed by atoms with E-state index in [9.17, 15) is 0 Å². The van der Waals surface area contributed by atoms with Crippen LogP contribution in [-0.2, 0) is 11.2 Å². The standard InChI is InChI=1S/C16H18ClN3O/c17-14-4-1-3-12(8-14)7-13-9-18-16(19-10-13)20-11-15-5-2-6-21-15/h1,3-4,8-10,15H,2,5-7,11H2,(H,18,19,20). The summed E-state index contributed by atoms with van der Waals surface area (Å²) >= 11 is 5.99. The molecular formula is C16H18ClN3O. The van der Waals surface area contributed by atoms with E-state index in [0.717, 1.165) is 48.6 Å². The molecule has 1 atom stereocenters. The maximum atomic E-state index is 5.99. The summed E-state index contributed by atoms with van der Waals surface area (Å²) in [4.78, 5) is 8.69. The van der Waals surface area contributed by atoms with Gasteiger partial charge in [-0.1, -0.05) is 23.7 Å². The molecule has 4 nitrogen and oxygen atoms in total. The summed E-state index contributed by atoms with van der Waals surface area (Å²) in [6.45, 7) is 1.64. The molecule has 1 aromatic carbocycles. The molecule has 1 saturated heterocycles. The summed E-state index contributed by atoms with van der Waals surface area (Å²) < 4.78 is 5.56. The number of ether oxygens (including phenoxy) is 1. The van der Waals surface area contributed by atoms with Crippen molar-refractivity contribution in [2.45, 2.75) is 25.4 Å².